The second-order valence-corrected chi connectivity index (χ2v) is 6.30. The van der Waals surface area contributed by atoms with E-state index in [4.69, 9.17) is 0 Å². The number of benzene rings is 3. The van der Waals surface area contributed by atoms with Crippen LogP contribution in [0.5, 0.6) is 0 Å². The third-order valence-electron chi connectivity index (χ3n) is 4.59. The fraction of sp³-hybridized carbons (Fsp3) is 0.182. The van der Waals surface area contributed by atoms with Gasteiger partial charge in [-0.1, -0.05) is 54.1 Å². The summed E-state index contributed by atoms with van der Waals surface area (Å²) in [6, 6.07) is 17.8. The van der Waals surface area contributed by atoms with Crippen LogP contribution in [-0.4, -0.2) is 0 Å². The van der Waals surface area contributed by atoms with E-state index in [0.29, 0.717) is 5.56 Å². The molecule has 0 saturated heterocycles. The Morgan fingerprint density at radius 3 is 1.74 bits per heavy atom. The fourth-order valence-electron chi connectivity index (χ4n) is 2.87. The molecule has 0 aliphatic rings. The first kappa shape index (κ1) is 15.5. The van der Waals surface area contributed by atoms with Gasteiger partial charge in [-0.25, -0.2) is 4.39 Å². The Labute approximate surface area is 137 Å². The minimum absolute atomic E-state index is 0.175. The molecular weight excluding hydrogens is 283 g/mol. The lowest BCUT2D eigenvalue weighted by molar-refractivity contribution is 0.632. The van der Waals surface area contributed by atoms with E-state index in [9.17, 15) is 4.39 Å². The topological polar surface area (TPSA) is 0 Å². The molecule has 0 aliphatic heterocycles. The molecule has 0 nitrogen and oxygen atoms in total. The highest BCUT2D eigenvalue weighted by Crippen LogP contribution is 2.30. The highest BCUT2D eigenvalue weighted by Gasteiger charge is 2.09. The van der Waals surface area contributed by atoms with Crippen molar-refractivity contribution in [2.45, 2.75) is 27.7 Å². The van der Waals surface area contributed by atoms with E-state index in [0.717, 1.165) is 16.7 Å². The fourth-order valence-corrected chi connectivity index (χ4v) is 2.87. The molecule has 0 aliphatic carbocycles. The second kappa shape index (κ2) is 6.00. The zero-order valence-corrected chi connectivity index (χ0v) is 14.1. The van der Waals surface area contributed by atoms with Gasteiger partial charge in [-0.3, -0.25) is 0 Å². The molecule has 0 atom stereocenters. The summed E-state index contributed by atoms with van der Waals surface area (Å²) in [6.07, 6.45) is 0. The van der Waals surface area contributed by atoms with Crippen molar-refractivity contribution >= 4 is 0 Å². The van der Waals surface area contributed by atoms with Gasteiger partial charge < -0.3 is 0 Å². The van der Waals surface area contributed by atoms with E-state index < -0.39 is 0 Å². The van der Waals surface area contributed by atoms with Crippen LogP contribution in [0.2, 0.25) is 0 Å². The lowest BCUT2D eigenvalue weighted by Gasteiger charge is -2.11. The number of hydrogen-bond acceptors (Lipinski definition) is 0. The van der Waals surface area contributed by atoms with Crippen LogP contribution < -0.4 is 0 Å². The van der Waals surface area contributed by atoms with Gasteiger partial charge in [0.05, 0.1) is 0 Å². The normalized spacial score (nSPS) is 10.8. The van der Waals surface area contributed by atoms with Crippen molar-refractivity contribution in [3.05, 3.63) is 82.7 Å². The molecule has 116 valence electrons. The molecule has 23 heavy (non-hydrogen) atoms. The Balaban J connectivity index is 2.04. The summed E-state index contributed by atoms with van der Waals surface area (Å²) in [5.74, 6) is -0.175. The van der Waals surface area contributed by atoms with Crippen LogP contribution >= 0.6 is 0 Å². The summed E-state index contributed by atoms with van der Waals surface area (Å²) < 4.78 is 14.7. The van der Waals surface area contributed by atoms with Crippen molar-refractivity contribution in [3.8, 4) is 22.3 Å². The zero-order valence-electron chi connectivity index (χ0n) is 14.1. The Morgan fingerprint density at radius 2 is 1.17 bits per heavy atom. The van der Waals surface area contributed by atoms with Gasteiger partial charge in [0.1, 0.15) is 5.82 Å². The quantitative estimate of drug-likeness (QED) is 0.514. The number of hydrogen-bond donors (Lipinski definition) is 0. The predicted molar refractivity (Wildman–Crippen MR) is 96.2 cm³/mol. The Hall–Kier alpha value is -2.41. The van der Waals surface area contributed by atoms with Gasteiger partial charge in [0.25, 0.3) is 0 Å². The highest BCUT2D eigenvalue weighted by atomic mass is 19.1. The molecule has 3 aromatic carbocycles. The largest absolute Gasteiger partial charge is 0.206 e. The molecule has 0 N–H and O–H groups in total. The number of halogens is 1. The van der Waals surface area contributed by atoms with Crippen LogP contribution in [0.25, 0.3) is 22.3 Å². The van der Waals surface area contributed by atoms with Crippen molar-refractivity contribution in [2.24, 2.45) is 0 Å². The third kappa shape index (κ3) is 3.05. The van der Waals surface area contributed by atoms with Gasteiger partial charge in [-0.05, 0) is 67.1 Å². The first-order valence-electron chi connectivity index (χ1n) is 7.90. The van der Waals surface area contributed by atoms with Crippen LogP contribution in [0.1, 0.15) is 22.3 Å². The maximum Gasteiger partial charge on any atom is 0.131 e. The summed E-state index contributed by atoms with van der Waals surface area (Å²) in [5, 5.41) is 0. The molecular formula is C22H21F. The van der Waals surface area contributed by atoms with Crippen molar-refractivity contribution in [1.82, 2.24) is 0 Å². The van der Waals surface area contributed by atoms with Gasteiger partial charge in [-0.2, -0.15) is 0 Å². The highest BCUT2D eigenvalue weighted by molar-refractivity contribution is 5.72. The minimum Gasteiger partial charge on any atom is -0.206 e. The van der Waals surface area contributed by atoms with E-state index in [1.54, 1.807) is 6.07 Å². The van der Waals surface area contributed by atoms with Crippen LogP contribution in [0.4, 0.5) is 4.39 Å². The predicted octanol–water partition coefficient (Wildman–Crippen LogP) is 6.39. The van der Waals surface area contributed by atoms with Gasteiger partial charge in [-0.15, -0.1) is 0 Å². The molecule has 0 aromatic heterocycles. The Morgan fingerprint density at radius 1 is 0.609 bits per heavy atom. The number of rotatable bonds is 2. The minimum atomic E-state index is -0.175. The van der Waals surface area contributed by atoms with Crippen molar-refractivity contribution in [3.63, 3.8) is 0 Å². The van der Waals surface area contributed by atoms with E-state index in [-0.39, 0.29) is 5.82 Å². The monoisotopic (exact) mass is 304 g/mol. The SMILES string of the molecule is Cc1ccc(-c2ccc(-c3cc(C)c(C)c(C)c3)c(F)c2)cc1. The van der Waals surface area contributed by atoms with E-state index in [2.05, 4.69) is 39.8 Å². The van der Waals surface area contributed by atoms with Crippen LogP contribution in [0.3, 0.4) is 0 Å². The molecule has 0 spiro atoms. The zero-order chi connectivity index (χ0) is 16.6. The lowest BCUT2D eigenvalue weighted by Crippen LogP contribution is -1.91. The summed E-state index contributed by atoms with van der Waals surface area (Å²) >= 11 is 0. The maximum atomic E-state index is 14.7. The summed E-state index contributed by atoms with van der Waals surface area (Å²) in [5.41, 5.74) is 8.42. The van der Waals surface area contributed by atoms with Crippen molar-refractivity contribution in [1.29, 1.82) is 0 Å². The van der Waals surface area contributed by atoms with Gasteiger partial charge >= 0.3 is 0 Å². The molecule has 3 rings (SSSR count). The maximum absolute atomic E-state index is 14.7. The van der Waals surface area contributed by atoms with Crippen molar-refractivity contribution in [2.75, 3.05) is 0 Å². The summed E-state index contributed by atoms with van der Waals surface area (Å²) in [6.45, 7) is 8.30. The average Bonchev–Trinajstić information content (AvgIpc) is 2.53. The molecule has 0 amide bonds. The standard InChI is InChI=1S/C22H21F/c1-14-5-7-18(8-6-14)19-9-10-21(22(23)13-19)20-11-15(2)17(4)16(3)12-20/h5-13H,1-4H3. The first-order chi connectivity index (χ1) is 11.0. The van der Waals surface area contributed by atoms with Crippen LogP contribution in [0.15, 0.2) is 54.6 Å². The van der Waals surface area contributed by atoms with Crippen LogP contribution in [0, 0.1) is 33.5 Å². The molecule has 0 fully saturated rings. The second-order valence-electron chi connectivity index (χ2n) is 6.30. The molecule has 0 unspecified atom stereocenters. The van der Waals surface area contributed by atoms with Gasteiger partial charge in [0.15, 0.2) is 0 Å². The molecule has 3 aromatic rings. The van der Waals surface area contributed by atoms with Crippen molar-refractivity contribution < 1.29 is 4.39 Å². The molecule has 0 heterocycles. The molecule has 1 heteroatoms. The van der Waals surface area contributed by atoms with Gasteiger partial charge in [0, 0.05) is 5.56 Å². The summed E-state index contributed by atoms with van der Waals surface area (Å²) in [4.78, 5) is 0. The Bertz CT molecular complexity index is 835. The lowest BCUT2D eigenvalue weighted by atomic mass is 9.94. The van der Waals surface area contributed by atoms with E-state index in [1.165, 1.54) is 22.3 Å². The van der Waals surface area contributed by atoms with Crippen LogP contribution in [-0.2, 0) is 0 Å². The number of aryl methyl sites for hydroxylation is 3. The summed E-state index contributed by atoms with van der Waals surface area (Å²) in [7, 11) is 0. The smallest absolute Gasteiger partial charge is 0.131 e. The molecule has 0 radical (unpaired) electrons. The van der Waals surface area contributed by atoms with Gasteiger partial charge in [0.2, 0.25) is 0 Å². The third-order valence-corrected chi connectivity index (χ3v) is 4.59. The first-order valence-corrected chi connectivity index (χ1v) is 7.90. The average molecular weight is 304 g/mol. The molecule has 0 bridgehead atoms. The Kier molecular flexibility index (Phi) is 4.04. The molecule has 0 saturated carbocycles. The van der Waals surface area contributed by atoms with E-state index in [1.807, 2.05) is 36.4 Å². The van der Waals surface area contributed by atoms with E-state index >= 15 is 0 Å².